The van der Waals surface area contributed by atoms with Crippen LogP contribution in [0.5, 0.6) is 17.2 Å². The van der Waals surface area contributed by atoms with Crippen LogP contribution in [0.1, 0.15) is 22.7 Å². The molecule has 1 unspecified atom stereocenters. The van der Waals surface area contributed by atoms with Gasteiger partial charge in [-0.2, -0.15) is 0 Å². The van der Waals surface area contributed by atoms with Crippen LogP contribution in [0.25, 0.3) is 11.5 Å². The first kappa shape index (κ1) is 24.3. The monoisotopic (exact) mass is 519 g/mol. The minimum absolute atomic E-state index is 0.116. The average molecular weight is 520 g/mol. The van der Waals surface area contributed by atoms with Crippen LogP contribution in [0.15, 0.2) is 65.2 Å². The number of benzene rings is 2. The molecule has 11 heteroatoms. The Kier molecular flexibility index (Phi) is 6.74. The Bertz CT molecular complexity index is 1440. The zero-order valence-electron chi connectivity index (χ0n) is 20.0. The largest absolute Gasteiger partial charge is 0.480 e. The number of rotatable bonds is 7. The number of halogens is 1. The summed E-state index contributed by atoms with van der Waals surface area (Å²) < 4.78 is 17.4. The zero-order chi connectivity index (χ0) is 25.9. The SMILES string of the molecule is Cc1nnc(-c2ccc(Oc3cc(OC4CCN(C)C4=O)cc(C(=O)Nc4ccc(Cl)cn4)c3)cc2)o1. The first-order chi connectivity index (χ1) is 17.8. The van der Waals surface area contributed by atoms with Crippen molar-refractivity contribution in [3.05, 3.63) is 77.3 Å². The predicted molar refractivity (Wildman–Crippen MR) is 135 cm³/mol. The second-order valence-electron chi connectivity index (χ2n) is 8.42. The highest BCUT2D eigenvalue weighted by Crippen LogP contribution is 2.31. The van der Waals surface area contributed by atoms with E-state index in [-0.39, 0.29) is 11.5 Å². The average Bonchev–Trinajstić information content (AvgIpc) is 3.46. The first-order valence-electron chi connectivity index (χ1n) is 11.4. The summed E-state index contributed by atoms with van der Waals surface area (Å²) in [4.78, 5) is 31.1. The first-order valence-corrected chi connectivity index (χ1v) is 11.8. The quantitative estimate of drug-likeness (QED) is 0.371. The van der Waals surface area contributed by atoms with E-state index in [0.717, 1.165) is 5.56 Å². The number of aromatic nitrogens is 3. The van der Waals surface area contributed by atoms with Crippen molar-refractivity contribution in [1.29, 1.82) is 0 Å². The second kappa shape index (κ2) is 10.3. The summed E-state index contributed by atoms with van der Waals surface area (Å²) in [6, 6.07) is 15.1. The standard InChI is InChI=1S/C26H22ClN5O5/c1-15-30-31-25(35-15)16-3-6-19(7-4-16)36-20-11-17(24(33)29-23-8-5-18(27)14-28-23)12-21(13-20)37-22-9-10-32(2)26(22)34/h3-8,11-14,22H,9-10H2,1-2H3,(H,28,29,33). The third-order valence-electron chi connectivity index (χ3n) is 5.63. The van der Waals surface area contributed by atoms with Gasteiger partial charge < -0.3 is 24.1 Å². The fourth-order valence-corrected chi connectivity index (χ4v) is 3.86. The molecule has 0 spiro atoms. The smallest absolute Gasteiger partial charge is 0.263 e. The van der Waals surface area contributed by atoms with Crippen molar-refractivity contribution in [1.82, 2.24) is 20.1 Å². The van der Waals surface area contributed by atoms with Gasteiger partial charge in [-0.25, -0.2) is 4.98 Å². The van der Waals surface area contributed by atoms with Gasteiger partial charge in [0.25, 0.3) is 11.8 Å². The molecule has 0 bridgehead atoms. The van der Waals surface area contributed by atoms with Gasteiger partial charge in [0.1, 0.15) is 23.1 Å². The lowest BCUT2D eigenvalue weighted by Gasteiger charge is -2.16. The normalized spacial score (nSPS) is 15.1. The Balaban J connectivity index is 1.40. The highest BCUT2D eigenvalue weighted by Gasteiger charge is 2.31. The third kappa shape index (κ3) is 5.70. The summed E-state index contributed by atoms with van der Waals surface area (Å²) in [5.41, 5.74) is 1.01. The van der Waals surface area contributed by atoms with Crippen LogP contribution in [0.2, 0.25) is 5.02 Å². The molecular weight excluding hydrogens is 498 g/mol. The maximum absolute atomic E-state index is 13.0. The van der Waals surface area contributed by atoms with E-state index in [4.69, 9.17) is 25.5 Å². The summed E-state index contributed by atoms with van der Waals surface area (Å²) in [7, 11) is 1.72. The molecule has 1 saturated heterocycles. The van der Waals surface area contributed by atoms with Gasteiger partial charge in [-0.15, -0.1) is 10.2 Å². The van der Waals surface area contributed by atoms with E-state index in [1.165, 1.54) is 6.20 Å². The molecule has 1 N–H and O–H groups in total. The van der Waals surface area contributed by atoms with Crippen LogP contribution in [0.3, 0.4) is 0 Å². The number of likely N-dealkylation sites (N-methyl/N-ethyl adjacent to an activating group) is 1. The topological polar surface area (TPSA) is 120 Å². The predicted octanol–water partition coefficient (Wildman–Crippen LogP) is 4.75. The number of carbonyl (C=O) groups is 2. The van der Waals surface area contributed by atoms with Gasteiger partial charge in [0.15, 0.2) is 6.10 Å². The molecule has 4 aromatic rings. The van der Waals surface area contributed by atoms with Crippen LogP contribution in [0.4, 0.5) is 5.82 Å². The van der Waals surface area contributed by atoms with E-state index in [1.807, 2.05) is 0 Å². The molecule has 1 atom stereocenters. The fraction of sp³-hybridized carbons (Fsp3) is 0.192. The van der Waals surface area contributed by atoms with E-state index in [2.05, 4.69) is 20.5 Å². The Morgan fingerprint density at radius 1 is 1.08 bits per heavy atom. The number of ether oxygens (including phenoxy) is 2. The van der Waals surface area contributed by atoms with E-state index in [0.29, 0.717) is 52.8 Å². The van der Waals surface area contributed by atoms with Gasteiger partial charge in [0, 0.05) is 50.3 Å². The molecule has 10 nitrogen and oxygen atoms in total. The molecule has 0 saturated carbocycles. The summed E-state index contributed by atoms with van der Waals surface area (Å²) >= 11 is 5.88. The number of aryl methyl sites for hydroxylation is 1. The zero-order valence-corrected chi connectivity index (χ0v) is 20.7. The maximum Gasteiger partial charge on any atom is 0.263 e. The molecule has 37 heavy (non-hydrogen) atoms. The lowest BCUT2D eigenvalue weighted by Crippen LogP contribution is -2.29. The molecule has 2 aromatic heterocycles. The Morgan fingerprint density at radius 2 is 1.86 bits per heavy atom. The number of likely N-dealkylation sites (tertiary alicyclic amines) is 1. The summed E-state index contributed by atoms with van der Waals surface area (Å²) in [6.45, 7) is 2.32. The molecule has 2 amide bonds. The molecule has 5 rings (SSSR count). The summed E-state index contributed by atoms with van der Waals surface area (Å²) in [5.74, 6) is 1.86. The second-order valence-corrected chi connectivity index (χ2v) is 8.85. The van der Waals surface area contributed by atoms with Crippen LogP contribution in [-0.4, -0.2) is 51.6 Å². The van der Waals surface area contributed by atoms with Crippen LogP contribution in [-0.2, 0) is 4.79 Å². The lowest BCUT2D eigenvalue weighted by atomic mass is 10.1. The number of amides is 2. The maximum atomic E-state index is 13.0. The van der Waals surface area contributed by atoms with Gasteiger partial charge in [0.05, 0.1) is 5.02 Å². The van der Waals surface area contributed by atoms with Crippen molar-refractivity contribution in [3.8, 4) is 28.7 Å². The lowest BCUT2D eigenvalue weighted by molar-refractivity contribution is -0.132. The van der Waals surface area contributed by atoms with E-state index < -0.39 is 12.0 Å². The van der Waals surface area contributed by atoms with Gasteiger partial charge in [0.2, 0.25) is 11.8 Å². The fourth-order valence-electron chi connectivity index (χ4n) is 3.75. The van der Waals surface area contributed by atoms with Crippen molar-refractivity contribution in [2.75, 3.05) is 18.9 Å². The number of hydrogen-bond acceptors (Lipinski definition) is 8. The van der Waals surface area contributed by atoms with Crippen molar-refractivity contribution < 1.29 is 23.5 Å². The minimum atomic E-state index is -0.633. The number of anilines is 1. The molecule has 1 fully saturated rings. The van der Waals surface area contributed by atoms with Crippen LogP contribution < -0.4 is 14.8 Å². The van der Waals surface area contributed by atoms with Crippen molar-refractivity contribution >= 4 is 29.2 Å². The van der Waals surface area contributed by atoms with Gasteiger partial charge in [-0.1, -0.05) is 11.6 Å². The molecule has 1 aliphatic rings. The highest BCUT2D eigenvalue weighted by atomic mass is 35.5. The molecule has 188 valence electrons. The number of nitrogens with zero attached hydrogens (tertiary/aromatic N) is 4. The van der Waals surface area contributed by atoms with Crippen molar-refractivity contribution in [3.63, 3.8) is 0 Å². The number of hydrogen-bond donors (Lipinski definition) is 1. The van der Waals surface area contributed by atoms with Crippen LogP contribution >= 0.6 is 11.6 Å². The molecule has 3 heterocycles. The number of carbonyl (C=O) groups excluding carboxylic acids is 2. The van der Waals surface area contributed by atoms with Gasteiger partial charge in [-0.05, 0) is 48.5 Å². The van der Waals surface area contributed by atoms with Gasteiger partial charge >= 0.3 is 0 Å². The molecular formula is C26H22ClN5O5. The summed E-state index contributed by atoms with van der Waals surface area (Å²) in [6.07, 6.45) is 1.35. The minimum Gasteiger partial charge on any atom is -0.480 e. The van der Waals surface area contributed by atoms with Crippen molar-refractivity contribution in [2.24, 2.45) is 0 Å². The summed E-state index contributed by atoms with van der Waals surface area (Å²) in [5, 5.41) is 11.0. The van der Waals surface area contributed by atoms with Gasteiger partial charge in [-0.3, -0.25) is 9.59 Å². The molecule has 0 aliphatic carbocycles. The molecule has 2 aromatic carbocycles. The highest BCUT2D eigenvalue weighted by molar-refractivity contribution is 6.30. The van der Waals surface area contributed by atoms with E-state index in [1.54, 1.807) is 73.5 Å². The molecule has 0 radical (unpaired) electrons. The number of nitrogens with one attached hydrogen (secondary N) is 1. The molecule has 1 aliphatic heterocycles. The van der Waals surface area contributed by atoms with Crippen molar-refractivity contribution in [2.45, 2.75) is 19.4 Å². The Hall–Kier alpha value is -4.44. The third-order valence-corrected chi connectivity index (χ3v) is 5.85. The van der Waals surface area contributed by atoms with Crippen LogP contribution in [0, 0.1) is 6.92 Å². The van der Waals surface area contributed by atoms with E-state index >= 15 is 0 Å². The Morgan fingerprint density at radius 3 is 2.51 bits per heavy atom. The Labute approximate surface area is 217 Å². The number of pyridine rings is 1. The van der Waals surface area contributed by atoms with E-state index in [9.17, 15) is 9.59 Å².